The average Bonchev–Trinajstić information content (AvgIpc) is 2.90. The van der Waals surface area contributed by atoms with Crippen LogP contribution >= 0.6 is 23.2 Å². The summed E-state index contributed by atoms with van der Waals surface area (Å²) < 4.78 is 11.1. The fourth-order valence-corrected chi connectivity index (χ4v) is 4.04. The first kappa shape index (κ1) is 27.4. The maximum absolute atomic E-state index is 13.6. The van der Waals surface area contributed by atoms with Gasteiger partial charge >= 0.3 is 0 Å². The number of benzene rings is 3. The van der Waals surface area contributed by atoms with Gasteiger partial charge in [-0.3, -0.25) is 9.59 Å². The Morgan fingerprint density at radius 1 is 0.917 bits per heavy atom. The zero-order valence-corrected chi connectivity index (χ0v) is 21.9. The predicted octanol–water partition coefficient (Wildman–Crippen LogP) is 5.55. The molecule has 0 bridgehead atoms. The van der Waals surface area contributed by atoms with Crippen LogP contribution in [0.1, 0.15) is 24.5 Å². The van der Waals surface area contributed by atoms with Gasteiger partial charge in [-0.05, 0) is 41.8 Å². The molecule has 36 heavy (non-hydrogen) atoms. The maximum Gasteiger partial charge on any atom is 0.261 e. The van der Waals surface area contributed by atoms with Gasteiger partial charge in [0.15, 0.2) is 18.1 Å². The number of nitrogens with one attached hydrogen (secondary N) is 1. The first-order chi connectivity index (χ1) is 17.4. The summed E-state index contributed by atoms with van der Waals surface area (Å²) >= 11 is 12.3. The predicted molar refractivity (Wildman–Crippen MR) is 143 cm³/mol. The molecular weight excluding hydrogens is 499 g/mol. The van der Waals surface area contributed by atoms with Crippen LogP contribution in [0.4, 0.5) is 0 Å². The zero-order chi connectivity index (χ0) is 25.9. The second-order valence-electron chi connectivity index (χ2n) is 8.21. The van der Waals surface area contributed by atoms with E-state index in [0.717, 1.165) is 17.5 Å². The van der Waals surface area contributed by atoms with Gasteiger partial charge in [0.25, 0.3) is 5.91 Å². The summed E-state index contributed by atoms with van der Waals surface area (Å²) in [5, 5.41) is 3.74. The fourth-order valence-electron chi connectivity index (χ4n) is 3.72. The number of halogens is 2. The second kappa shape index (κ2) is 13.8. The van der Waals surface area contributed by atoms with Gasteiger partial charge in [-0.2, -0.15) is 0 Å². The Balaban J connectivity index is 1.92. The smallest absolute Gasteiger partial charge is 0.261 e. The lowest BCUT2D eigenvalue weighted by Gasteiger charge is -2.31. The second-order valence-corrected chi connectivity index (χ2v) is 9.02. The number of carbonyl (C=O) groups is 2. The molecule has 190 valence electrons. The highest BCUT2D eigenvalue weighted by molar-refractivity contribution is 6.42. The van der Waals surface area contributed by atoms with Crippen molar-refractivity contribution in [3.05, 3.63) is 94.0 Å². The Morgan fingerprint density at radius 2 is 1.61 bits per heavy atom. The van der Waals surface area contributed by atoms with Crippen LogP contribution in [-0.2, 0) is 22.6 Å². The minimum atomic E-state index is -0.762. The Hall–Kier alpha value is -3.22. The van der Waals surface area contributed by atoms with Gasteiger partial charge in [0.05, 0.1) is 17.2 Å². The first-order valence-electron chi connectivity index (χ1n) is 11.7. The Labute approximate surface area is 222 Å². The van der Waals surface area contributed by atoms with E-state index in [-0.39, 0.29) is 25.0 Å². The van der Waals surface area contributed by atoms with Crippen molar-refractivity contribution in [1.82, 2.24) is 10.2 Å². The molecule has 0 aliphatic heterocycles. The number of para-hydroxylation sites is 2. The summed E-state index contributed by atoms with van der Waals surface area (Å²) in [5.41, 5.74) is 1.68. The van der Waals surface area contributed by atoms with Crippen molar-refractivity contribution in [2.45, 2.75) is 32.4 Å². The molecule has 0 saturated heterocycles. The van der Waals surface area contributed by atoms with Gasteiger partial charge in [0.2, 0.25) is 5.91 Å². The number of rotatable bonds is 12. The lowest BCUT2D eigenvalue weighted by Crippen LogP contribution is -2.51. The standard InChI is InChI=1S/C28H30Cl2N2O4/c1-3-15-31-28(34)24(17-20-9-5-4-6-10-20)32(18-21-13-14-22(29)23(30)16-21)27(33)19-36-26-12-8-7-11-25(26)35-2/h4-14,16,24H,3,15,17-19H2,1-2H3,(H,31,34)/t24-/m0/s1. The molecular formula is C28H30Cl2N2O4. The van der Waals surface area contributed by atoms with E-state index >= 15 is 0 Å². The van der Waals surface area contributed by atoms with Crippen LogP contribution in [0.3, 0.4) is 0 Å². The number of nitrogens with zero attached hydrogens (tertiary/aromatic N) is 1. The van der Waals surface area contributed by atoms with Crippen LogP contribution in [0.2, 0.25) is 10.0 Å². The van der Waals surface area contributed by atoms with E-state index in [1.807, 2.05) is 43.3 Å². The van der Waals surface area contributed by atoms with Gasteiger partial charge in [-0.1, -0.05) is 78.7 Å². The number of amides is 2. The molecule has 0 saturated carbocycles. The molecule has 8 heteroatoms. The van der Waals surface area contributed by atoms with E-state index in [4.69, 9.17) is 32.7 Å². The highest BCUT2D eigenvalue weighted by atomic mass is 35.5. The van der Waals surface area contributed by atoms with Crippen molar-refractivity contribution in [1.29, 1.82) is 0 Å². The summed E-state index contributed by atoms with van der Waals surface area (Å²) in [6.07, 6.45) is 1.12. The molecule has 0 unspecified atom stereocenters. The lowest BCUT2D eigenvalue weighted by atomic mass is 10.0. The highest BCUT2D eigenvalue weighted by Gasteiger charge is 2.30. The molecule has 3 rings (SSSR count). The molecule has 0 aliphatic rings. The zero-order valence-electron chi connectivity index (χ0n) is 20.4. The van der Waals surface area contributed by atoms with E-state index in [0.29, 0.717) is 34.5 Å². The molecule has 0 heterocycles. The summed E-state index contributed by atoms with van der Waals surface area (Å²) in [7, 11) is 1.54. The van der Waals surface area contributed by atoms with E-state index in [2.05, 4.69) is 5.32 Å². The fraction of sp³-hybridized carbons (Fsp3) is 0.286. The quantitative estimate of drug-likeness (QED) is 0.334. The van der Waals surface area contributed by atoms with E-state index in [9.17, 15) is 9.59 Å². The molecule has 3 aromatic carbocycles. The molecule has 0 aliphatic carbocycles. The molecule has 0 aromatic heterocycles. The number of methoxy groups -OCH3 is 1. The Bertz CT molecular complexity index is 1160. The van der Waals surface area contributed by atoms with Crippen LogP contribution in [0, 0.1) is 0 Å². The minimum Gasteiger partial charge on any atom is -0.493 e. The summed E-state index contributed by atoms with van der Waals surface area (Å²) in [5.74, 6) is 0.381. The summed E-state index contributed by atoms with van der Waals surface area (Å²) in [6, 6.07) is 21.1. The topological polar surface area (TPSA) is 67.9 Å². The van der Waals surface area contributed by atoms with E-state index in [1.54, 1.807) is 36.4 Å². The monoisotopic (exact) mass is 528 g/mol. The lowest BCUT2D eigenvalue weighted by molar-refractivity contribution is -0.142. The van der Waals surface area contributed by atoms with Crippen molar-refractivity contribution in [2.75, 3.05) is 20.3 Å². The number of hydrogen-bond acceptors (Lipinski definition) is 4. The first-order valence-corrected chi connectivity index (χ1v) is 12.5. The van der Waals surface area contributed by atoms with Crippen molar-refractivity contribution >= 4 is 35.0 Å². The minimum absolute atomic E-state index is 0.155. The Kier molecular flexibility index (Phi) is 10.5. The van der Waals surface area contributed by atoms with Crippen LogP contribution in [0.25, 0.3) is 0 Å². The van der Waals surface area contributed by atoms with E-state index < -0.39 is 6.04 Å². The number of ether oxygens (including phenoxy) is 2. The van der Waals surface area contributed by atoms with Crippen molar-refractivity contribution in [3.8, 4) is 11.5 Å². The van der Waals surface area contributed by atoms with E-state index in [1.165, 1.54) is 12.0 Å². The molecule has 3 aromatic rings. The molecule has 1 N–H and O–H groups in total. The third-order valence-electron chi connectivity index (χ3n) is 5.58. The van der Waals surface area contributed by atoms with Gasteiger partial charge in [0.1, 0.15) is 6.04 Å². The van der Waals surface area contributed by atoms with Crippen molar-refractivity contribution < 1.29 is 19.1 Å². The molecule has 0 radical (unpaired) electrons. The van der Waals surface area contributed by atoms with Crippen molar-refractivity contribution in [2.24, 2.45) is 0 Å². The molecule has 1 atom stereocenters. The van der Waals surface area contributed by atoms with Crippen molar-refractivity contribution in [3.63, 3.8) is 0 Å². The number of carbonyl (C=O) groups excluding carboxylic acids is 2. The largest absolute Gasteiger partial charge is 0.493 e. The average molecular weight is 529 g/mol. The third-order valence-corrected chi connectivity index (χ3v) is 6.32. The van der Waals surface area contributed by atoms with Crippen LogP contribution < -0.4 is 14.8 Å². The van der Waals surface area contributed by atoms with Crippen LogP contribution in [-0.4, -0.2) is 43.0 Å². The molecule has 0 spiro atoms. The third kappa shape index (κ3) is 7.64. The van der Waals surface area contributed by atoms with Gasteiger partial charge < -0.3 is 19.7 Å². The molecule has 6 nitrogen and oxygen atoms in total. The summed E-state index contributed by atoms with van der Waals surface area (Å²) in [4.78, 5) is 28.5. The van der Waals surface area contributed by atoms with Gasteiger partial charge in [-0.15, -0.1) is 0 Å². The highest BCUT2D eigenvalue weighted by Crippen LogP contribution is 2.27. The molecule has 0 fully saturated rings. The molecule has 2 amide bonds. The normalized spacial score (nSPS) is 11.4. The Morgan fingerprint density at radius 3 is 2.28 bits per heavy atom. The SMILES string of the molecule is CCCNC(=O)[C@H](Cc1ccccc1)N(Cc1ccc(Cl)c(Cl)c1)C(=O)COc1ccccc1OC. The number of hydrogen-bond donors (Lipinski definition) is 1. The van der Waals surface area contributed by atoms with Crippen LogP contribution in [0.5, 0.6) is 11.5 Å². The van der Waals surface area contributed by atoms with Crippen LogP contribution in [0.15, 0.2) is 72.8 Å². The van der Waals surface area contributed by atoms with Gasteiger partial charge in [0, 0.05) is 19.5 Å². The summed E-state index contributed by atoms with van der Waals surface area (Å²) in [6.45, 7) is 2.37. The van der Waals surface area contributed by atoms with Gasteiger partial charge in [-0.25, -0.2) is 0 Å². The maximum atomic E-state index is 13.6.